The van der Waals surface area contributed by atoms with Gasteiger partial charge in [0.05, 0.1) is 4.70 Å². The van der Waals surface area contributed by atoms with E-state index in [1.807, 2.05) is 19.0 Å². The highest BCUT2D eigenvalue weighted by atomic mass is 35.5. The summed E-state index contributed by atoms with van der Waals surface area (Å²) in [4.78, 5) is 20.5. The summed E-state index contributed by atoms with van der Waals surface area (Å²) in [5, 5.41) is 4.06. The van der Waals surface area contributed by atoms with Crippen LogP contribution in [0.25, 0.3) is 10.2 Å². The molecule has 2 aromatic heterocycles. The lowest BCUT2D eigenvalue weighted by atomic mass is 10.3. The zero-order valence-corrected chi connectivity index (χ0v) is 16.7. The van der Waals surface area contributed by atoms with Gasteiger partial charge in [-0.1, -0.05) is 16.5 Å². The third-order valence-corrected chi connectivity index (χ3v) is 4.74. The smallest absolute Gasteiger partial charge is 0.282 e. The molecule has 0 fully saturated rings. The lowest BCUT2D eigenvalue weighted by molar-refractivity contribution is 0.0977. The van der Waals surface area contributed by atoms with Gasteiger partial charge in [0.2, 0.25) is 0 Å². The molecule has 3 rings (SSSR count). The second kappa shape index (κ2) is 8.73. The SMILES string of the molecule is Cc1cc(C(=O)N(CCCN(C)C)c2nc3c(F)cc(F)cc3s2)no1.Cl. The molecule has 0 aliphatic carbocycles. The molecule has 0 N–H and O–H groups in total. The van der Waals surface area contributed by atoms with Crippen LogP contribution in [0.4, 0.5) is 13.9 Å². The van der Waals surface area contributed by atoms with Crippen molar-refractivity contribution >= 4 is 45.0 Å². The number of amides is 1. The Hall–Kier alpha value is -2.10. The number of anilines is 1. The first-order valence-electron chi connectivity index (χ1n) is 8.00. The highest BCUT2D eigenvalue weighted by Crippen LogP contribution is 2.32. The van der Waals surface area contributed by atoms with Crippen LogP contribution in [0.15, 0.2) is 22.7 Å². The largest absolute Gasteiger partial charge is 0.361 e. The van der Waals surface area contributed by atoms with Crippen molar-refractivity contribution in [3.8, 4) is 0 Å². The van der Waals surface area contributed by atoms with Crippen molar-refractivity contribution in [1.29, 1.82) is 0 Å². The minimum atomic E-state index is -0.750. The number of aryl methyl sites for hydroxylation is 1. The Morgan fingerprint density at radius 1 is 1.22 bits per heavy atom. The number of carbonyl (C=O) groups is 1. The van der Waals surface area contributed by atoms with E-state index in [4.69, 9.17) is 4.52 Å². The first-order valence-corrected chi connectivity index (χ1v) is 8.82. The summed E-state index contributed by atoms with van der Waals surface area (Å²) in [6.07, 6.45) is 0.683. The zero-order chi connectivity index (χ0) is 18.8. The Labute approximate surface area is 165 Å². The number of rotatable bonds is 6. The molecule has 0 aliphatic heterocycles. The Bertz CT molecular complexity index is 944. The molecular weight excluding hydrogens is 398 g/mol. The fraction of sp³-hybridized carbons (Fsp3) is 0.353. The fourth-order valence-corrected chi connectivity index (χ4v) is 3.52. The quantitative estimate of drug-likeness (QED) is 0.610. The Morgan fingerprint density at radius 3 is 2.59 bits per heavy atom. The number of fused-ring (bicyclic) bond motifs is 1. The molecule has 0 spiro atoms. The maximum Gasteiger partial charge on any atom is 0.282 e. The van der Waals surface area contributed by atoms with Gasteiger partial charge in [0.1, 0.15) is 17.1 Å². The summed E-state index contributed by atoms with van der Waals surface area (Å²) < 4.78 is 32.8. The second-order valence-electron chi connectivity index (χ2n) is 6.17. The molecule has 146 valence electrons. The minimum absolute atomic E-state index is 0. The molecule has 6 nitrogen and oxygen atoms in total. The molecule has 0 unspecified atom stereocenters. The standard InChI is InChI=1S/C17H18F2N4O2S.ClH/c1-10-7-13(21-25-10)16(24)23(6-4-5-22(2)3)17-20-15-12(19)8-11(18)9-14(15)26-17;/h7-9H,4-6H2,1-3H3;1H. The van der Waals surface area contributed by atoms with E-state index in [-0.39, 0.29) is 29.5 Å². The van der Waals surface area contributed by atoms with Gasteiger partial charge < -0.3 is 9.42 Å². The van der Waals surface area contributed by atoms with Crippen molar-refractivity contribution < 1.29 is 18.1 Å². The maximum absolute atomic E-state index is 14.0. The van der Waals surface area contributed by atoms with Gasteiger partial charge in [-0.25, -0.2) is 13.8 Å². The van der Waals surface area contributed by atoms with Gasteiger partial charge in [0, 0.05) is 18.7 Å². The van der Waals surface area contributed by atoms with Crippen LogP contribution < -0.4 is 4.90 Å². The highest BCUT2D eigenvalue weighted by molar-refractivity contribution is 7.22. The van der Waals surface area contributed by atoms with Gasteiger partial charge in [-0.05, 0) is 40.1 Å². The van der Waals surface area contributed by atoms with Crippen molar-refractivity contribution in [1.82, 2.24) is 15.0 Å². The third-order valence-electron chi connectivity index (χ3n) is 3.71. The molecule has 0 saturated heterocycles. The van der Waals surface area contributed by atoms with Crippen LogP contribution in [-0.4, -0.2) is 48.1 Å². The number of aromatic nitrogens is 2. The monoisotopic (exact) mass is 416 g/mol. The molecule has 0 bridgehead atoms. The van der Waals surface area contributed by atoms with E-state index >= 15 is 0 Å². The van der Waals surface area contributed by atoms with Crippen LogP contribution in [0.1, 0.15) is 22.7 Å². The van der Waals surface area contributed by atoms with Crippen LogP contribution in [0.3, 0.4) is 0 Å². The Morgan fingerprint density at radius 2 is 1.96 bits per heavy atom. The Kier molecular flexibility index (Phi) is 6.85. The summed E-state index contributed by atoms with van der Waals surface area (Å²) in [6.45, 7) is 2.82. The predicted molar refractivity (Wildman–Crippen MR) is 103 cm³/mol. The number of halogens is 3. The molecule has 3 aromatic rings. The molecule has 0 radical (unpaired) electrons. The van der Waals surface area contributed by atoms with Crippen LogP contribution in [0, 0.1) is 18.6 Å². The average Bonchev–Trinajstić information content (AvgIpc) is 3.17. The molecule has 10 heteroatoms. The third kappa shape index (κ3) is 4.79. The normalized spacial score (nSPS) is 11.0. The van der Waals surface area contributed by atoms with Gasteiger partial charge in [-0.3, -0.25) is 9.69 Å². The number of thiazole rings is 1. The Balaban J connectivity index is 0.00000261. The van der Waals surface area contributed by atoms with Crippen molar-refractivity contribution in [2.45, 2.75) is 13.3 Å². The van der Waals surface area contributed by atoms with Crippen LogP contribution in [0.5, 0.6) is 0 Å². The molecule has 1 aromatic carbocycles. The number of hydrogen-bond acceptors (Lipinski definition) is 6. The summed E-state index contributed by atoms with van der Waals surface area (Å²) in [7, 11) is 3.87. The van der Waals surface area contributed by atoms with Crippen LogP contribution in [0.2, 0.25) is 0 Å². The van der Waals surface area contributed by atoms with Crippen LogP contribution in [-0.2, 0) is 0 Å². The van der Waals surface area contributed by atoms with Crippen LogP contribution >= 0.6 is 23.7 Å². The van der Waals surface area contributed by atoms with E-state index in [1.54, 1.807) is 6.92 Å². The molecule has 2 heterocycles. The van der Waals surface area contributed by atoms with E-state index in [2.05, 4.69) is 10.1 Å². The fourth-order valence-electron chi connectivity index (χ4n) is 2.50. The summed E-state index contributed by atoms with van der Waals surface area (Å²) >= 11 is 1.06. The van der Waals surface area contributed by atoms with Crippen molar-refractivity contribution in [3.63, 3.8) is 0 Å². The molecule has 27 heavy (non-hydrogen) atoms. The van der Waals surface area contributed by atoms with Gasteiger partial charge in [0.15, 0.2) is 16.6 Å². The van der Waals surface area contributed by atoms with Gasteiger partial charge in [-0.2, -0.15) is 0 Å². The topological polar surface area (TPSA) is 62.5 Å². The lowest BCUT2D eigenvalue weighted by Gasteiger charge is -2.19. The number of nitrogens with zero attached hydrogens (tertiary/aromatic N) is 4. The first kappa shape index (κ1) is 21.2. The summed E-state index contributed by atoms with van der Waals surface area (Å²) in [6, 6.07) is 3.53. The number of hydrogen-bond donors (Lipinski definition) is 0. The number of benzene rings is 1. The molecule has 0 saturated carbocycles. The maximum atomic E-state index is 14.0. The zero-order valence-electron chi connectivity index (χ0n) is 15.0. The first-order chi connectivity index (χ1) is 12.3. The van der Waals surface area contributed by atoms with E-state index in [0.717, 1.165) is 23.9 Å². The summed E-state index contributed by atoms with van der Waals surface area (Å²) in [5.41, 5.74) is 0.200. The molecule has 0 atom stereocenters. The van der Waals surface area contributed by atoms with Gasteiger partial charge in [-0.15, -0.1) is 12.4 Å². The van der Waals surface area contributed by atoms with Crippen molar-refractivity contribution in [2.24, 2.45) is 0 Å². The summed E-state index contributed by atoms with van der Waals surface area (Å²) in [5.74, 6) is -1.30. The van der Waals surface area contributed by atoms with Gasteiger partial charge in [0.25, 0.3) is 5.91 Å². The average molecular weight is 417 g/mol. The molecule has 0 aliphatic rings. The van der Waals surface area contributed by atoms with Crippen molar-refractivity contribution in [2.75, 3.05) is 32.1 Å². The predicted octanol–water partition coefficient (Wildman–Crippen LogP) is 3.89. The second-order valence-corrected chi connectivity index (χ2v) is 7.18. The minimum Gasteiger partial charge on any atom is -0.361 e. The van der Waals surface area contributed by atoms with Gasteiger partial charge >= 0.3 is 0 Å². The molecule has 1 amide bonds. The van der Waals surface area contributed by atoms with Crippen molar-refractivity contribution in [3.05, 3.63) is 41.3 Å². The van der Waals surface area contributed by atoms with E-state index < -0.39 is 11.6 Å². The number of carbonyl (C=O) groups excluding carboxylic acids is 1. The molecular formula is C17H19ClF2N4O2S. The van der Waals surface area contributed by atoms with E-state index in [1.165, 1.54) is 17.0 Å². The lowest BCUT2D eigenvalue weighted by Crippen LogP contribution is -2.33. The highest BCUT2D eigenvalue weighted by Gasteiger charge is 2.24. The van der Waals surface area contributed by atoms with E-state index in [0.29, 0.717) is 28.6 Å². The van der Waals surface area contributed by atoms with E-state index in [9.17, 15) is 13.6 Å².